The largest absolute Gasteiger partial charge is 0.496 e. The predicted molar refractivity (Wildman–Crippen MR) is 86.9 cm³/mol. The molecule has 0 radical (unpaired) electrons. The molecule has 0 aromatic heterocycles. The Labute approximate surface area is 127 Å². The zero-order valence-corrected chi connectivity index (χ0v) is 12.9. The van der Waals surface area contributed by atoms with Gasteiger partial charge >= 0.3 is 0 Å². The monoisotopic (exact) mass is 281 g/mol. The first-order valence-corrected chi connectivity index (χ1v) is 7.72. The molecular weight excluding hydrogens is 258 g/mol. The summed E-state index contributed by atoms with van der Waals surface area (Å²) >= 11 is 0. The summed E-state index contributed by atoms with van der Waals surface area (Å²) < 4.78 is 5.41. The first kappa shape index (κ1) is 14.2. The van der Waals surface area contributed by atoms with Gasteiger partial charge in [0.2, 0.25) is 0 Å². The lowest BCUT2D eigenvalue weighted by molar-refractivity contribution is 0.408. The van der Waals surface area contributed by atoms with E-state index in [2.05, 4.69) is 42.6 Å². The van der Waals surface area contributed by atoms with E-state index in [0.29, 0.717) is 6.04 Å². The zero-order chi connectivity index (χ0) is 14.7. The first-order valence-electron chi connectivity index (χ1n) is 7.72. The molecule has 1 aliphatic carbocycles. The minimum absolute atomic E-state index is 0.509. The van der Waals surface area contributed by atoms with Gasteiger partial charge < -0.3 is 10.1 Å². The highest BCUT2D eigenvalue weighted by Crippen LogP contribution is 2.31. The number of nitrogens with one attached hydrogen (secondary N) is 1. The van der Waals surface area contributed by atoms with Crippen molar-refractivity contribution in [2.24, 2.45) is 0 Å². The van der Waals surface area contributed by atoms with Crippen LogP contribution in [0.4, 0.5) is 0 Å². The van der Waals surface area contributed by atoms with Gasteiger partial charge in [0.15, 0.2) is 0 Å². The summed E-state index contributed by atoms with van der Waals surface area (Å²) in [7, 11) is 1.74. The fraction of sp³-hybridized carbons (Fsp3) is 0.368. The molecule has 1 unspecified atom stereocenters. The van der Waals surface area contributed by atoms with Gasteiger partial charge in [-0.1, -0.05) is 42.0 Å². The van der Waals surface area contributed by atoms with Crippen LogP contribution >= 0.6 is 0 Å². The van der Waals surface area contributed by atoms with Crippen molar-refractivity contribution in [1.82, 2.24) is 5.32 Å². The molecule has 0 fully saturated rings. The number of fused-ring (bicyclic) bond motifs is 1. The van der Waals surface area contributed by atoms with E-state index in [1.165, 1.54) is 35.1 Å². The Bertz CT molecular complexity index is 621. The van der Waals surface area contributed by atoms with Crippen LogP contribution in [0.2, 0.25) is 0 Å². The number of benzene rings is 2. The topological polar surface area (TPSA) is 21.3 Å². The molecule has 110 valence electrons. The van der Waals surface area contributed by atoms with Crippen molar-refractivity contribution in [3.63, 3.8) is 0 Å². The van der Waals surface area contributed by atoms with Crippen LogP contribution in [-0.2, 0) is 12.8 Å². The van der Waals surface area contributed by atoms with E-state index in [9.17, 15) is 0 Å². The van der Waals surface area contributed by atoms with E-state index in [0.717, 1.165) is 18.7 Å². The highest BCUT2D eigenvalue weighted by Gasteiger charge is 2.21. The summed E-state index contributed by atoms with van der Waals surface area (Å²) in [5.74, 6) is 0.988. The maximum absolute atomic E-state index is 5.41. The van der Waals surface area contributed by atoms with Crippen LogP contribution < -0.4 is 10.1 Å². The van der Waals surface area contributed by atoms with E-state index in [-0.39, 0.29) is 0 Å². The Morgan fingerprint density at radius 1 is 1.19 bits per heavy atom. The van der Waals surface area contributed by atoms with Gasteiger partial charge in [-0.3, -0.25) is 0 Å². The molecule has 0 saturated heterocycles. The maximum Gasteiger partial charge on any atom is 0.122 e. The minimum atomic E-state index is 0.509. The van der Waals surface area contributed by atoms with Crippen molar-refractivity contribution in [1.29, 1.82) is 0 Å². The van der Waals surface area contributed by atoms with Crippen LogP contribution in [0.1, 0.15) is 34.7 Å². The Balaban J connectivity index is 1.61. The van der Waals surface area contributed by atoms with Gasteiger partial charge in [0.05, 0.1) is 7.11 Å². The molecule has 0 saturated carbocycles. The average Bonchev–Trinajstić information content (AvgIpc) is 2.90. The standard InChI is InChI=1S/C19H23NO/c1-14-7-8-15-9-10-18(17(15)13-14)20-12-11-16-5-3-4-6-19(16)21-2/h3-8,13,18,20H,9-12H2,1-2H3. The summed E-state index contributed by atoms with van der Waals surface area (Å²) in [6, 6.07) is 15.6. The SMILES string of the molecule is COc1ccccc1CCNC1CCc2ccc(C)cc21. The van der Waals surface area contributed by atoms with Gasteiger partial charge in [0.25, 0.3) is 0 Å². The van der Waals surface area contributed by atoms with Crippen molar-refractivity contribution >= 4 is 0 Å². The lowest BCUT2D eigenvalue weighted by atomic mass is 10.0. The van der Waals surface area contributed by atoms with E-state index < -0.39 is 0 Å². The molecule has 21 heavy (non-hydrogen) atoms. The van der Waals surface area contributed by atoms with E-state index in [1.54, 1.807) is 7.11 Å². The fourth-order valence-corrected chi connectivity index (χ4v) is 3.22. The van der Waals surface area contributed by atoms with Crippen molar-refractivity contribution in [3.05, 3.63) is 64.7 Å². The Morgan fingerprint density at radius 2 is 2.05 bits per heavy atom. The molecule has 2 aromatic rings. The second-order valence-corrected chi connectivity index (χ2v) is 5.81. The molecule has 0 heterocycles. The van der Waals surface area contributed by atoms with Crippen LogP contribution in [0.25, 0.3) is 0 Å². The summed E-state index contributed by atoms with van der Waals surface area (Å²) in [5.41, 5.74) is 5.63. The summed E-state index contributed by atoms with van der Waals surface area (Å²) in [4.78, 5) is 0. The quantitative estimate of drug-likeness (QED) is 0.899. The lowest BCUT2D eigenvalue weighted by Crippen LogP contribution is -2.22. The molecule has 3 rings (SSSR count). The molecule has 0 bridgehead atoms. The first-order chi connectivity index (χ1) is 10.3. The highest BCUT2D eigenvalue weighted by molar-refractivity contribution is 5.38. The van der Waals surface area contributed by atoms with Crippen LogP contribution in [0.5, 0.6) is 5.75 Å². The average molecular weight is 281 g/mol. The lowest BCUT2D eigenvalue weighted by Gasteiger charge is -2.15. The fourth-order valence-electron chi connectivity index (χ4n) is 3.22. The molecule has 0 amide bonds. The molecule has 2 nitrogen and oxygen atoms in total. The molecular formula is C19H23NO. The Kier molecular flexibility index (Phi) is 4.26. The van der Waals surface area contributed by atoms with Crippen LogP contribution in [-0.4, -0.2) is 13.7 Å². The van der Waals surface area contributed by atoms with Gasteiger partial charge in [0, 0.05) is 6.04 Å². The zero-order valence-electron chi connectivity index (χ0n) is 12.9. The third kappa shape index (κ3) is 3.11. The second-order valence-electron chi connectivity index (χ2n) is 5.81. The van der Waals surface area contributed by atoms with Gasteiger partial charge in [-0.15, -0.1) is 0 Å². The molecule has 0 aliphatic heterocycles. The van der Waals surface area contributed by atoms with Crippen molar-refractivity contribution < 1.29 is 4.74 Å². The van der Waals surface area contributed by atoms with Gasteiger partial charge in [-0.05, 0) is 55.5 Å². The Morgan fingerprint density at radius 3 is 2.90 bits per heavy atom. The van der Waals surface area contributed by atoms with Gasteiger partial charge in [-0.2, -0.15) is 0 Å². The van der Waals surface area contributed by atoms with Crippen LogP contribution in [0.15, 0.2) is 42.5 Å². The number of methoxy groups -OCH3 is 1. The van der Waals surface area contributed by atoms with Crippen LogP contribution in [0.3, 0.4) is 0 Å². The Hall–Kier alpha value is -1.80. The van der Waals surface area contributed by atoms with Crippen LogP contribution in [0, 0.1) is 6.92 Å². The smallest absolute Gasteiger partial charge is 0.122 e. The number of aryl methyl sites for hydroxylation is 2. The maximum atomic E-state index is 5.41. The molecule has 1 atom stereocenters. The number of para-hydroxylation sites is 1. The third-order valence-electron chi connectivity index (χ3n) is 4.36. The van der Waals surface area contributed by atoms with Crippen molar-refractivity contribution in [2.75, 3.05) is 13.7 Å². The van der Waals surface area contributed by atoms with E-state index in [4.69, 9.17) is 4.74 Å². The number of hydrogen-bond acceptors (Lipinski definition) is 2. The van der Waals surface area contributed by atoms with Crippen molar-refractivity contribution in [3.8, 4) is 5.75 Å². The van der Waals surface area contributed by atoms with E-state index >= 15 is 0 Å². The summed E-state index contributed by atoms with van der Waals surface area (Å²) in [6.45, 7) is 3.16. The second kappa shape index (κ2) is 6.31. The van der Waals surface area contributed by atoms with Crippen molar-refractivity contribution in [2.45, 2.75) is 32.2 Å². The predicted octanol–water partition coefficient (Wildman–Crippen LogP) is 3.82. The number of ether oxygens (including phenoxy) is 1. The molecule has 1 aliphatic rings. The van der Waals surface area contributed by atoms with Gasteiger partial charge in [0.1, 0.15) is 5.75 Å². The molecule has 0 spiro atoms. The number of rotatable bonds is 5. The minimum Gasteiger partial charge on any atom is -0.496 e. The third-order valence-corrected chi connectivity index (χ3v) is 4.36. The summed E-state index contributed by atoms with van der Waals surface area (Å²) in [5, 5.41) is 3.71. The molecule has 1 N–H and O–H groups in total. The van der Waals surface area contributed by atoms with E-state index in [1.807, 2.05) is 12.1 Å². The normalized spacial score (nSPS) is 16.8. The number of hydrogen-bond donors (Lipinski definition) is 1. The molecule has 2 aromatic carbocycles. The molecule has 2 heteroatoms. The highest BCUT2D eigenvalue weighted by atomic mass is 16.5. The summed E-state index contributed by atoms with van der Waals surface area (Å²) in [6.07, 6.45) is 3.41. The van der Waals surface area contributed by atoms with Gasteiger partial charge in [-0.25, -0.2) is 0 Å².